The second-order valence-corrected chi connectivity index (χ2v) is 6.43. The van der Waals surface area contributed by atoms with Crippen molar-refractivity contribution in [1.29, 1.82) is 0 Å². The molecule has 8 heteroatoms. The monoisotopic (exact) mass is 397 g/mol. The smallest absolute Gasteiger partial charge is 0.252 e. The van der Waals surface area contributed by atoms with Gasteiger partial charge in [-0.3, -0.25) is 4.79 Å². The van der Waals surface area contributed by atoms with Crippen LogP contribution in [-0.4, -0.2) is 37.4 Å². The number of methoxy groups -OCH3 is 3. The van der Waals surface area contributed by atoms with Crippen LogP contribution in [0, 0.1) is 6.92 Å². The number of rotatable bonds is 7. The molecule has 0 spiro atoms. The number of nitrogens with zero attached hydrogens (tertiary/aromatic N) is 2. The van der Waals surface area contributed by atoms with E-state index >= 15 is 0 Å². The third kappa shape index (κ3) is 4.31. The zero-order valence-electron chi connectivity index (χ0n) is 17.0. The zero-order chi connectivity index (χ0) is 21.0. The molecular formula is C21H23N3O5. The molecule has 1 amide bonds. The first-order valence-electron chi connectivity index (χ1n) is 8.98. The van der Waals surface area contributed by atoms with Gasteiger partial charge in [-0.15, -0.1) is 0 Å². The molecule has 0 aliphatic rings. The van der Waals surface area contributed by atoms with Crippen molar-refractivity contribution < 1.29 is 23.5 Å². The fraction of sp³-hybridized carbons (Fsp3) is 0.286. The molecule has 2 aromatic carbocycles. The van der Waals surface area contributed by atoms with Crippen molar-refractivity contribution in [3.05, 3.63) is 53.4 Å². The van der Waals surface area contributed by atoms with Crippen molar-refractivity contribution >= 4 is 5.91 Å². The van der Waals surface area contributed by atoms with Crippen LogP contribution in [0.3, 0.4) is 0 Å². The third-order valence-corrected chi connectivity index (χ3v) is 4.40. The van der Waals surface area contributed by atoms with Crippen LogP contribution >= 0.6 is 0 Å². The van der Waals surface area contributed by atoms with E-state index in [9.17, 15) is 4.79 Å². The Hall–Kier alpha value is -3.55. The van der Waals surface area contributed by atoms with E-state index in [0.29, 0.717) is 34.5 Å². The lowest BCUT2D eigenvalue weighted by atomic mass is 10.1. The van der Waals surface area contributed by atoms with E-state index in [0.717, 1.165) is 11.1 Å². The first-order valence-corrected chi connectivity index (χ1v) is 8.98. The van der Waals surface area contributed by atoms with Crippen LogP contribution in [0.25, 0.3) is 11.4 Å². The number of aromatic nitrogens is 2. The number of amides is 1. The summed E-state index contributed by atoms with van der Waals surface area (Å²) in [5.41, 5.74) is 2.34. The molecule has 8 nitrogen and oxygen atoms in total. The van der Waals surface area contributed by atoms with Gasteiger partial charge in [0, 0.05) is 11.1 Å². The highest BCUT2D eigenvalue weighted by Crippen LogP contribution is 2.38. The van der Waals surface area contributed by atoms with Crippen LogP contribution in [0.2, 0.25) is 0 Å². The molecular weight excluding hydrogens is 374 g/mol. The van der Waals surface area contributed by atoms with Crippen LogP contribution in [0.15, 0.2) is 40.9 Å². The Balaban J connectivity index is 1.78. The van der Waals surface area contributed by atoms with Gasteiger partial charge in [-0.25, -0.2) is 0 Å². The largest absolute Gasteiger partial charge is 0.493 e. The number of aryl methyl sites for hydroxylation is 1. The highest BCUT2D eigenvalue weighted by Gasteiger charge is 2.21. The summed E-state index contributed by atoms with van der Waals surface area (Å²) < 4.78 is 21.2. The predicted octanol–water partition coefficient (Wildman–Crippen LogP) is 3.56. The van der Waals surface area contributed by atoms with Gasteiger partial charge in [0.1, 0.15) is 6.04 Å². The molecule has 0 radical (unpaired) electrons. The molecule has 1 heterocycles. The number of nitrogens with one attached hydrogen (secondary N) is 1. The number of carbonyl (C=O) groups is 1. The lowest BCUT2D eigenvalue weighted by Gasteiger charge is -2.15. The molecule has 0 aliphatic carbocycles. The number of ether oxygens (including phenoxy) is 3. The van der Waals surface area contributed by atoms with E-state index in [4.69, 9.17) is 18.7 Å². The first kappa shape index (κ1) is 20.2. The Morgan fingerprint density at radius 1 is 1.03 bits per heavy atom. The molecule has 152 valence electrons. The minimum Gasteiger partial charge on any atom is -0.493 e. The molecule has 0 saturated heterocycles. The van der Waals surface area contributed by atoms with E-state index in [1.54, 1.807) is 19.1 Å². The highest BCUT2D eigenvalue weighted by molar-refractivity contribution is 5.95. The molecule has 29 heavy (non-hydrogen) atoms. The van der Waals surface area contributed by atoms with Gasteiger partial charge < -0.3 is 24.1 Å². The molecule has 1 unspecified atom stereocenters. The maximum Gasteiger partial charge on any atom is 0.252 e. The quantitative estimate of drug-likeness (QED) is 0.651. The van der Waals surface area contributed by atoms with Crippen LogP contribution in [-0.2, 0) is 0 Å². The van der Waals surface area contributed by atoms with E-state index in [2.05, 4.69) is 15.5 Å². The predicted molar refractivity (Wildman–Crippen MR) is 106 cm³/mol. The van der Waals surface area contributed by atoms with Gasteiger partial charge in [-0.1, -0.05) is 35.0 Å². The summed E-state index contributed by atoms with van der Waals surface area (Å²) in [5.74, 6) is 1.63. The van der Waals surface area contributed by atoms with E-state index in [1.807, 2.05) is 31.2 Å². The maximum absolute atomic E-state index is 12.7. The lowest BCUT2D eigenvalue weighted by molar-refractivity contribution is 0.0931. The fourth-order valence-electron chi connectivity index (χ4n) is 2.78. The van der Waals surface area contributed by atoms with Crippen molar-refractivity contribution in [2.75, 3.05) is 21.3 Å². The number of carbonyl (C=O) groups excluding carboxylic acids is 1. The normalized spacial score (nSPS) is 11.6. The number of benzene rings is 2. The summed E-state index contributed by atoms with van der Waals surface area (Å²) in [5, 5.41) is 6.84. The van der Waals surface area contributed by atoms with Gasteiger partial charge in [-0.2, -0.15) is 4.98 Å². The number of hydrogen-bond donors (Lipinski definition) is 1. The van der Waals surface area contributed by atoms with Crippen LogP contribution in [0.4, 0.5) is 0 Å². The summed E-state index contributed by atoms with van der Waals surface area (Å²) in [6, 6.07) is 10.5. The van der Waals surface area contributed by atoms with E-state index in [-0.39, 0.29) is 5.91 Å². The maximum atomic E-state index is 12.7. The molecule has 3 aromatic rings. The summed E-state index contributed by atoms with van der Waals surface area (Å²) >= 11 is 0. The fourth-order valence-corrected chi connectivity index (χ4v) is 2.78. The Kier molecular flexibility index (Phi) is 6.01. The Morgan fingerprint density at radius 2 is 1.66 bits per heavy atom. The molecule has 1 N–H and O–H groups in total. The van der Waals surface area contributed by atoms with E-state index in [1.165, 1.54) is 21.3 Å². The van der Waals surface area contributed by atoms with Crippen LogP contribution in [0.5, 0.6) is 17.2 Å². The van der Waals surface area contributed by atoms with E-state index < -0.39 is 6.04 Å². The molecule has 0 saturated carbocycles. The molecule has 1 aromatic heterocycles. The Bertz CT molecular complexity index is 973. The summed E-state index contributed by atoms with van der Waals surface area (Å²) in [4.78, 5) is 17.1. The van der Waals surface area contributed by atoms with Crippen molar-refractivity contribution in [1.82, 2.24) is 15.5 Å². The van der Waals surface area contributed by atoms with Gasteiger partial charge in [0.2, 0.25) is 17.5 Å². The molecule has 1 atom stereocenters. The average Bonchev–Trinajstić information content (AvgIpc) is 3.23. The third-order valence-electron chi connectivity index (χ3n) is 4.40. The molecule has 0 bridgehead atoms. The van der Waals surface area contributed by atoms with Gasteiger partial charge in [-0.05, 0) is 26.0 Å². The standard InChI is InChI=1S/C21H23N3O5/c1-12-6-8-14(9-7-12)19-23-21(29-24-19)13(2)22-20(25)15-10-16(26-3)18(28-5)17(11-15)27-4/h6-11,13H,1-5H3,(H,22,25). The van der Waals surface area contributed by atoms with Gasteiger partial charge in [0.05, 0.1) is 21.3 Å². The summed E-state index contributed by atoms with van der Waals surface area (Å²) in [6.45, 7) is 3.77. The molecule has 0 fully saturated rings. The minimum atomic E-state index is -0.492. The van der Waals surface area contributed by atoms with Crippen LogP contribution < -0.4 is 19.5 Å². The summed E-state index contributed by atoms with van der Waals surface area (Å²) in [6.07, 6.45) is 0. The zero-order valence-corrected chi connectivity index (χ0v) is 17.0. The van der Waals surface area contributed by atoms with Crippen molar-refractivity contribution in [3.63, 3.8) is 0 Å². The lowest BCUT2D eigenvalue weighted by Crippen LogP contribution is -2.27. The van der Waals surface area contributed by atoms with Gasteiger partial charge in [0.25, 0.3) is 5.91 Å². The first-order chi connectivity index (χ1) is 14.0. The molecule has 0 aliphatic heterocycles. The second-order valence-electron chi connectivity index (χ2n) is 6.43. The van der Waals surface area contributed by atoms with Crippen molar-refractivity contribution in [2.45, 2.75) is 19.9 Å². The minimum absolute atomic E-state index is 0.307. The van der Waals surface area contributed by atoms with Gasteiger partial charge >= 0.3 is 0 Å². The Morgan fingerprint density at radius 3 is 2.21 bits per heavy atom. The average molecular weight is 397 g/mol. The van der Waals surface area contributed by atoms with Gasteiger partial charge in [0.15, 0.2) is 11.5 Å². The molecule has 3 rings (SSSR count). The highest BCUT2D eigenvalue weighted by atomic mass is 16.5. The van der Waals surface area contributed by atoms with Crippen molar-refractivity contribution in [2.24, 2.45) is 0 Å². The van der Waals surface area contributed by atoms with Crippen molar-refractivity contribution in [3.8, 4) is 28.6 Å². The topological polar surface area (TPSA) is 95.7 Å². The Labute approximate surface area is 168 Å². The SMILES string of the molecule is COc1cc(C(=O)NC(C)c2nc(-c3ccc(C)cc3)no2)cc(OC)c1OC. The number of hydrogen-bond acceptors (Lipinski definition) is 7. The second kappa shape index (κ2) is 8.64. The van der Waals surface area contributed by atoms with Crippen LogP contribution in [0.1, 0.15) is 34.8 Å². The summed E-state index contributed by atoms with van der Waals surface area (Å²) in [7, 11) is 4.49.